The second kappa shape index (κ2) is 5.55. The quantitative estimate of drug-likeness (QED) is 0.568. The van der Waals surface area contributed by atoms with Crippen LogP contribution in [0.25, 0.3) is 0 Å². The van der Waals surface area contributed by atoms with E-state index >= 15 is 0 Å². The van der Waals surface area contributed by atoms with Gasteiger partial charge in [-0.2, -0.15) is 0 Å². The van der Waals surface area contributed by atoms with Crippen molar-refractivity contribution >= 4 is 0 Å². The standard InChI is InChI=1S/C10H22N2/c1-2-10(11)6-8-12-7-5-9-3-4-9/h9-10,12H,2-8,11H2,1H3. The minimum atomic E-state index is 0.401. The van der Waals surface area contributed by atoms with Gasteiger partial charge in [-0.25, -0.2) is 0 Å². The Hall–Kier alpha value is -0.0800. The molecule has 1 aliphatic rings. The molecule has 3 N–H and O–H groups in total. The molecule has 2 heteroatoms. The molecule has 0 aromatic carbocycles. The molecule has 0 amide bonds. The van der Waals surface area contributed by atoms with Crippen molar-refractivity contribution in [2.75, 3.05) is 13.1 Å². The van der Waals surface area contributed by atoms with Crippen LogP contribution < -0.4 is 11.1 Å². The second-order valence-corrected chi connectivity index (χ2v) is 3.94. The van der Waals surface area contributed by atoms with Crippen molar-refractivity contribution < 1.29 is 0 Å². The molecule has 0 radical (unpaired) electrons. The van der Waals surface area contributed by atoms with Crippen LogP contribution in [0.3, 0.4) is 0 Å². The summed E-state index contributed by atoms with van der Waals surface area (Å²) in [4.78, 5) is 0. The number of nitrogens with one attached hydrogen (secondary N) is 1. The van der Waals surface area contributed by atoms with Crippen LogP contribution in [0.15, 0.2) is 0 Å². The Morgan fingerprint density at radius 2 is 2.17 bits per heavy atom. The van der Waals surface area contributed by atoms with Crippen molar-refractivity contribution in [1.82, 2.24) is 5.32 Å². The van der Waals surface area contributed by atoms with E-state index in [9.17, 15) is 0 Å². The van der Waals surface area contributed by atoms with E-state index < -0.39 is 0 Å². The Morgan fingerprint density at radius 1 is 1.42 bits per heavy atom. The molecule has 0 spiro atoms. The van der Waals surface area contributed by atoms with Crippen LogP contribution in [0.2, 0.25) is 0 Å². The highest BCUT2D eigenvalue weighted by Crippen LogP contribution is 2.31. The lowest BCUT2D eigenvalue weighted by Crippen LogP contribution is -2.26. The Kier molecular flexibility index (Phi) is 4.62. The zero-order chi connectivity index (χ0) is 8.81. The van der Waals surface area contributed by atoms with E-state index in [1.165, 1.54) is 25.8 Å². The molecule has 0 aliphatic heterocycles. The van der Waals surface area contributed by atoms with E-state index in [-0.39, 0.29) is 0 Å². The molecule has 1 unspecified atom stereocenters. The van der Waals surface area contributed by atoms with Crippen molar-refractivity contribution in [2.45, 2.75) is 45.1 Å². The second-order valence-electron chi connectivity index (χ2n) is 3.94. The summed E-state index contributed by atoms with van der Waals surface area (Å²) in [5.41, 5.74) is 5.79. The average molecular weight is 170 g/mol. The summed E-state index contributed by atoms with van der Waals surface area (Å²) in [6, 6.07) is 0.401. The smallest absolute Gasteiger partial charge is 0.00482 e. The summed E-state index contributed by atoms with van der Waals surface area (Å²) < 4.78 is 0. The Bertz CT molecular complexity index is 110. The molecular weight excluding hydrogens is 148 g/mol. The lowest BCUT2D eigenvalue weighted by atomic mass is 10.2. The van der Waals surface area contributed by atoms with Gasteiger partial charge in [0.05, 0.1) is 0 Å². The highest BCUT2D eigenvalue weighted by molar-refractivity contribution is 4.73. The third-order valence-electron chi connectivity index (χ3n) is 2.64. The molecule has 0 bridgehead atoms. The maximum absolute atomic E-state index is 5.79. The predicted molar refractivity (Wildman–Crippen MR) is 53.1 cm³/mol. The molecule has 1 rings (SSSR count). The third kappa shape index (κ3) is 4.73. The lowest BCUT2D eigenvalue weighted by Gasteiger charge is -2.08. The maximum Gasteiger partial charge on any atom is 0.00482 e. The van der Waals surface area contributed by atoms with Gasteiger partial charge in [-0.05, 0) is 38.3 Å². The summed E-state index contributed by atoms with van der Waals surface area (Å²) in [6.07, 6.45) is 6.54. The first kappa shape index (κ1) is 10.0. The Morgan fingerprint density at radius 3 is 2.75 bits per heavy atom. The molecule has 0 heterocycles. The van der Waals surface area contributed by atoms with Crippen molar-refractivity contribution in [3.63, 3.8) is 0 Å². The van der Waals surface area contributed by atoms with Crippen LogP contribution in [0, 0.1) is 5.92 Å². The van der Waals surface area contributed by atoms with Crippen LogP contribution in [0.5, 0.6) is 0 Å². The first-order valence-electron chi connectivity index (χ1n) is 5.29. The monoisotopic (exact) mass is 170 g/mol. The summed E-state index contributed by atoms with van der Waals surface area (Å²) in [5, 5.41) is 3.44. The fraction of sp³-hybridized carbons (Fsp3) is 1.00. The van der Waals surface area contributed by atoms with Crippen LogP contribution in [0.1, 0.15) is 39.0 Å². The first-order valence-corrected chi connectivity index (χ1v) is 5.29. The van der Waals surface area contributed by atoms with Gasteiger partial charge in [0.2, 0.25) is 0 Å². The van der Waals surface area contributed by atoms with Crippen molar-refractivity contribution in [3.05, 3.63) is 0 Å². The normalized spacial score (nSPS) is 19.5. The highest BCUT2D eigenvalue weighted by Gasteiger charge is 2.19. The van der Waals surface area contributed by atoms with Crippen molar-refractivity contribution in [2.24, 2.45) is 11.7 Å². The van der Waals surface area contributed by atoms with Crippen LogP contribution in [-0.2, 0) is 0 Å². The number of hydrogen-bond donors (Lipinski definition) is 2. The van der Waals surface area contributed by atoms with Gasteiger partial charge >= 0.3 is 0 Å². The van der Waals surface area contributed by atoms with Crippen LogP contribution >= 0.6 is 0 Å². The van der Waals surface area contributed by atoms with E-state index in [2.05, 4.69) is 12.2 Å². The first-order chi connectivity index (χ1) is 5.83. The van der Waals surface area contributed by atoms with E-state index in [0.717, 1.165) is 25.3 Å². The van der Waals surface area contributed by atoms with Gasteiger partial charge in [0.25, 0.3) is 0 Å². The summed E-state index contributed by atoms with van der Waals surface area (Å²) in [6.45, 7) is 4.44. The Labute approximate surface area is 75.9 Å². The summed E-state index contributed by atoms with van der Waals surface area (Å²) in [5.74, 6) is 1.05. The van der Waals surface area contributed by atoms with Gasteiger partial charge in [0.15, 0.2) is 0 Å². The van der Waals surface area contributed by atoms with E-state index in [1.54, 1.807) is 0 Å². The highest BCUT2D eigenvalue weighted by atomic mass is 14.9. The Balaban J connectivity index is 1.75. The molecule has 1 atom stereocenters. The fourth-order valence-corrected chi connectivity index (χ4v) is 1.33. The predicted octanol–water partition coefficient (Wildman–Crippen LogP) is 1.50. The molecular formula is C10H22N2. The zero-order valence-corrected chi connectivity index (χ0v) is 8.18. The van der Waals surface area contributed by atoms with Crippen molar-refractivity contribution in [1.29, 1.82) is 0 Å². The number of nitrogens with two attached hydrogens (primary N) is 1. The van der Waals surface area contributed by atoms with Gasteiger partial charge in [0, 0.05) is 6.04 Å². The molecule has 0 saturated heterocycles. The van der Waals surface area contributed by atoms with Crippen LogP contribution in [0.4, 0.5) is 0 Å². The van der Waals surface area contributed by atoms with Gasteiger partial charge in [-0.1, -0.05) is 19.8 Å². The lowest BCUT2D eigenvalue weighted by molar-refractivity contribution is 0.534. The van der Waals surface area contributed by atoms with Gasteiger partial charge in [0.1, 0.15) is 0 Å². The minimum Gasteiger partial charge on any atom is -0.328 e. The number of hydrogen-bond acceptors (Lipinski definition) is 2. The molecule has 12 heavy (non-hydrogen) atoms. The molecule has 1 saturated carbocycles. The van der Waals surface area contributed by atoms with Gasteiger partial charge < -0.3 is 11.1 Å². The van der Waals surface area contributed by atoms with Crippen molar-refractivity contribution in [3.8, 4) is 0 Å². The topological polar surface area (TPSA) is 38.0 Å². The molecule has 72 valence electrons. The molecule has 0 aromatic rings. The zero-order valence-electron chi connectivity index (χ0n) is 8.18. The fourth-order valence-electron chi connectivity index (χ4n) is 1.33. The van der Waals surface area contributed by atoms with Gasteiger partial charge in [-0.3, -0.25) is 0 Å². The number of rotatable bonds is 7. The van der Waals surface area contributed by atoms with E-state index in [1.807, 2.05) is 0 Å². The molecule has 1 fully saturated rings. The van der Waals surface area contributed by atoms with E-state index in [0.29, 0.717) is 6.04 Å². The molecule has 2 nitrogen and oxygen atoms in total. The molecule has 0 aromatic heterocycles. The largest absolute Gasteiger partial charge is 0.328 e. The molecule has 1 aliphatic carbocycles. The SMILES string of the molecule is CCC(N)CCNCCC1CC1. The maximum atomic E-state index is 5.79. The van der Waals surface area contributed by atoms with Gasteiger partial charge in [-0.15, -0.1) is 0 Å². The van der Waals surface area contributed by atoms with E-state index in [4.69, 9.17) is 5.73 Å². The summed E-state index contributed by atoms with van der Waals surface area (Å²) in [7, 11) is 0. The summed E-state index contributed by atoms with van der Waals surface area (Å²) >= 11 is 0. The third-order valence-corrected chi connectivity index (χ3v) is 2.64. The minimum absolute atomic E-state index is 0.401. The van der Waals surface area contributed by atoms with Crippen LogP contribution in [-0.4, -0.2) is 19.1 Å². The average Bonchev–Trinajstić information content (AvgIpc) is 2.87.